The second-order valence-corrected chi connectivity index (χ2v) is 7.44. The molecular weight excluding hydrogens is 426 g/mol. The second-order valence-electron chi connectivity index (χ2n) is 7.01. The van der Waals surface area contributed by atoms with Crippen LogP contribution in [0, 0.1) is 11.6 Å². The van der Waals surface area contributed by atoms with E-state index in [1.807, 2.05) is 36.4 Å². The van der Waals surface area contributed by atoms with E-state index >= 15 is 0 Å². The molecule has 0 amide bonds. The number of Topliss-reactive ketones (excluding diaryl/α,β-unsaturated/α-hetero) is 1. The highest BCUT2D eigenvalue weighted by atomic mass is 35.5. The molecular formula is C24H19ClF2O4. The van der Waals surface area contributed by atoms with E-state index < -0.39 is 35.2 Å². The molecule has 160 valence electrons. The molecule has 1 atom stereocenters. The number of aryl methyl sites for hydroxylation is 1. The Morgan fingerprint density at radius 2 is 1.58 bits per heavy atom. The van der Waals surface area contributed by atoms with Crippen LogP contribution in [0.3, 0.4) is 0 Å². The fourth-order valence-electron chi connectivity index (χ4n) is 3.12. The number of aliphatic carboxylic acids is 1. The van der Waals surface area contributed by atoms with Crippen molar-refractivity contribution in [3.8, 4) is 16.9 Å². The van der Waals surface area contributed by atoms with E-state index in [0.717, 1.165) is 29.7 Å². The Morgan fingerprint density at radius 3 is 2.13 bits per heavy atom. The number of hydrogen-bond acceptors (Lipinski definition) is 3. The summed E-state index contributed by atoms with van der Waals surface area (Å²) >= 11 is 5.90. The van der Waals surface area contributed by atoms with E-state index in [-0.39, 0.29) is 12.0 Å². The summed E-state index contributed by atoms with van der Waals surface area (Å²) in [5.41, 5.74) is 2.49. The van der Waals surface area contributed by atoms with Gasteiger partial charge in [-0.05, 0) is 54.7 Å². The fraction of sp³-hybridized carbons (Fsp3) is 0.167. The Hall–Kier alpha value is -3.25. The van der Waals surface area contributed by atoms with E-state index in [0.29, 0.717) is 17.5 Å². The molecule has 3 aromatic carbocycles. The van der Waals surface area contributed by atoms with Crippen molar-refractivity contribution in [2.45, 2.75) is 25.9 Å². The van der Waals surface area contributed by atoms with Gasteiger partial charge in [0.25, 0.3) is 0 Å². The highest BCUT2D eigenvalue weighted by molar-refractivity contribution is 6.30. The van der Waals surface area contributed by atoms with Crippen molar-refractivity contribution in [1.82, 2.24) is 0 Å². The average molecular weight is 445 g/mol. The summed E-state index contributed by atoms with van der Waals surface area (Å²) < 4.78 is 32.9. The smallest absolute Gasteiger partial charge is 0.344 e. The zero-order valence-corrected chi connectivity index (χ0v) is 17.3. The number of carboxylic acid groups (broad SMARTS) is 1. The van der Waals surface area contributed by atoms with Gasteiger partial charge in [0, 0.05) is 11.1 Å². The van der Waals surface area contributed by atoms with Gasteiger partial charge in [0.1, 0.15) is 5.82 Å². The van der Waals surface area contributed by atoms with Crippen LogP contribution in [-0.4, -0.2) is 23.0 Å². The molecule has 7 heteroatoms. The normalized spacial score (nSPS) is 11.7. The van der Waals surface area contributed by atoms with Gasteiger partial charge in [-0.1, -0.05) is 48.0 Å². The van der Waals surface area contributed by atoms with Gasteiger partial charge in [0.15, 0.2) is 23.5 Å². The fourth-order valence-corrected chi connectivity index (χ4v) is 3.25. The number of carbonyl (C=O) groups is 2. The third kappa shape index (κ3) is 5.67. The Kier molecular flexibility index (Phi) is 7.02. The molecule has 0 aliphatic carbocycles. The first-order valence-corrected chi connectivity index (χ1v) is 9.86. The lowest BCUT2D eigenvalue weighted by molar-refractivity contribution is -0.145. The molecule has 0 bridgehead atoms. The number of rotatable bonds is 8. The maximum absolute atomic E-state index is 14.2. The summed E-state index contributed by atoms with van der Waals surface area (Å²) in [5, 5.41) is 10.1. The minimum absolute atomic E-state index is 0.0315. The standard InChI is InChI=1S/C24H19ClF2O4/c1-14(28)20-12-19(26)13-21(27)23(20)31-22(24(29)30)11-4-15-2-5-16(6-3-15)17-7-9-18(25)10-8-17/h2-3,5-10,12-13,22H,4,11H2,1H3,(H,29,30). The van der Waals surface area contributed by atoms with Crippen molar-refractivity contribution < 1.29 is 28.2 Å². The molecule has 0 saturated heterocycles. The summed E-state index contributed by atoms with van der Waals surface area (Å²) in [6, 6.07) is 16.3. The lowest BCUT2D eigenvalue weighted by Crippen LogP contribution is -2.28. The van der Waals surface area contributed by atoms with Crippen molar-refractivity contribution in [3.05, 3.63) is 88.4 Å². The monoisotopic (exact) mass is 444 g/mol. The number of ketones is 1. The van der Waals surface area contributed by atoms with Crippen molar-refractivity contribution in [2.75, 3.05) is 0 Å². The van der Waals surface area contributed by atoms with Crippen LogP contribution in [-0.2, 0) is 11.2 Å². The molecule has 0 spiro atoms. The number of hydrogen-bond donors (Lipinski definition) is 1. The lowest BCUT2D eigenvalue weighted by Gasteiger charge is -2.18. The minimum atomic E-state index is -1.41. The molecule has 0 aliphatic rings. The van der Waals surface area contributed by atoms with Crippen LogP contribution >= 0.6 is 11.6 Å². The molecule has 1 N–H and O–H groups in total. The summed E-state index contributed by atoms with van der Waals surface area (Å²) in [7, 11) is 0. The van der Waals surface area contributed by atoms with Crippen molar-refractivity contribution >= 4 is 23.4 Å². The molecule has 0 fully saturated rings. The lowest BCUT2D eigenvalue weighted by atomic mass is 10.0. The highest BCUT2D eigenvalue weighted by Gasteiger charge is 2.25. The van der Waals surface area contributed by atoms with E-state index in [1.165, 1.54) is 0 Å². The Balaban J connectivity index is 1.73. The molecule has 4 nitrogen and oxygen atoms in total. The number of halogens is 3. The first-order valence-electron chi connectivity index (χ1n) is 9.49. The number of carbonyl (C=O) groups excluding carboxylic acids is 1. The maximum atomic E-state index is 14.2. The quantitative estimate of drug-likeness (QED) is 0.436. The van der Waals surface area contributed by atoms with E-state index in [4.69, 9.17) is 16.3 Å². The minimum Gasteiger partial charge on any atom is -0.479 e. The van der Waals surface area contributed by atoms with Crippen LogP contribution < -0.4 is 4.74 Å². The van der Waals surface area contributed by atoms with Crippen LogP contribution in [0.1, 0.15) is 29.3 Å². The highest BCUT2D eigenvalue weighted by Crippen LogP contribution is 2.27. The zero-order valence-electron chi connectivity index (χ0n) is 16.6. The molecule has 0 aliphatic heterocycles. The van der Waals surface area contributed by atoms with Crippen LogP contribution in [0.25, 0.3) is 11.1 Å². The van der Waals surface area contributed by atoms with Gasteiger partial charge in [-0.2, -0.15) is 0 Å². The maximum Gasteiger partial charge on any atom is 0.344 e. The number of carboxylic acids is 1. The predicted molar refractivity (Wildman–Crippen MR) is 114 cm³/mol. The first kappa shape index (κ1) is 22.4. The van der Waals surface area contributed by atoms with Crippen LogP contribution in [0.5, 0.6) is 5.75 Å². The second kappa shape index (κ2) is 9.71. The van der Waals surface area contributed by atoms with Gasteiger partial charge < -0.3 is 9.84 Å². The molecule has 3 aromatic rings. The predicted octanol–water partition coefficient (Wildman–Crippen LogP) is 5.95. The summed E-state index contributed by atoms with van der Waals surface area (Å²) in [6.45, 7) is 1.12. The van der Waals surface area contributed by atoms with Crippen molar-refractivity contribution in [1.29, 1.82) is 0 Å². The number of benzene rings is 3. The molecule has 1 unspecified atom stereocenters. The topological polar surface area (TPSA) is 63.6 Å². The zero-order chi connectivity index (χ0) is 22.5. The van der Waals surface area contributed by atoms with Gasteiger partial charge in [-0.25, -0.2) is 13.6 Å². The van der Waals surface area contributed by atoms with Gasteiger partial charge in [-0.15, -0.1) is 0 Å². The van der Waals surface area contributed by atoms with E-state index in [2.05, 4.69) is 0 Å². The van der Waals surface area contributed by atoms with Gasteiger partial charge in [0.2, 0.25) is 0 Å². The largest absolute Gasteiger partial charge is 0.479 e. The van der Waals surface area contributed by atoms with E-state index in [9.17, 15) is 23.5 Å². The van der Waals surface area contributed by atoms with Gasteiger partial charge in [-0.3, -0.25) is 4.79 Å². The summed E-state index contributed by atoms with van der Waals surface area (Å²) in [6.07, 6.45) is -1.03. The Labute approximate surface area is 183 Å². The Morgan fingerprint density at radius 1 is 1.00 bits per heavy atom. The molecule has 0 radical (unpaired) electrons. The van der Waals surface area contributed by atoms with Crippen LogP contribution in [0.4, 0.5) is 8.78 Å². The number of ether oxygens (including phenoxy) is 1. The van der Waals surface area contributed by atoms with Crippen LogP contribution in [0.15, 0.2) is 60.7 Å². The SMILES string of the molecule is CC(=O)c1cc(F)cc(F)c1OC(CCc1ccc(-c2ccc(Cl)cc2)cc1)C(=O)O. The van der Waals surface area contributed by atoms with Gasteiger partial charge >= 0.3 is 5.97 Å². The third-order valence-corrected chi connectivity index (χ3v) is 5.00. The third-order valence-electron chi connectivity index (χ3n) is 4.75. The molecule has 31 heavy (non-hydrogen) atoms. The Bertz CT molecular complexity index is 1100. The molecule has 3 rings (SSSR count). The summed E-state index contributed by atoms with van der Waals surface area (Å²) in [5.74, 6) is -4.56. The molecule has 0 saturated carbocycles. The molecule has 0 aromatic heterocycles. The van der Waals surface area contributed by atoms with Crippen LogP contribution in [0.2, 0.25) is 5.02 Å². The van der Waals surface area contributed by atoms with E-state index in [1.54, 1.807) is 12.1 Å². The first-order chi connectivity index (χ1) is 14.7. The van der Waals surface area contributed by atoms with Crippen molar-refractivity contribution in [2.24, 2.45) is 0 Å². The van der Waals surface area contributed by atoms with Crippen molar-refractivity contribution in [3.63, 3.8) is 0 Å². The summed E-state index contributed by atoms with van der Waals surface area (Å²) in [4.78, 5) is 23.3. The average Bonchev–Trinajstić information content (AvgIpc) is 2.72. The molecule has 0 heterocycles. The van der Waals surface area contributed by atoms with Gasteiger partial charge in [0.05, 0.1) is 5.56 Å².